The molecule has 0 saturated carbocycles. The molecule has 1 aliphatic rings. The average Bonchev–Trinajstić information content (AvgIpc) is 2.68. The van der Waals surface area contributed by atoms with Crippen molar-refractivity contribution in [1.29, 1.82) is 0 Å². The molecule has 1 aliphatic heterocycles. The summed E-state index contributed by atoms with van der Waals surface area (Å²) in [5.74, 6) is 0.818. The van der Waals surface area contributed by atoms with E-state index < -0.39 is 0 Å². The van der Waals surface area contributed by atoms with Gasteiger partial charge >= 0.3 is 0 Å². The van der Waals surface area contributed by atoms with Crippen LogP contribution in [0.4, 0.5) is 5.69 Å². The van der Waals surface area contributed by atoms with Crippen LogP contribution >= 0.6 is 11.8 Å². The van der Waals surface area contributed by atoms with Gasteiger partial charge in [-0.2, -0.15) is 0 Å². The van der Waals surface area contributed by atoms with Crippen molar-refractivity contribution in [2.75, 3.05) is 11.4 Å². The van der Waals surface area contributed by atoms with E-state index in [0.717, 1.165) is 11.4 Å². The number of hydrogen-bond acceptors (Lipinski definition) is 4. The summed E-state index contributed by atoms with van der Waals surface area (Å²) < 4.78 is 5.64. The van der Waals surface area contributed by atoms with Crippen LogP contribution in [0, 0.1) is 0 Å². The molecule has 1 aromatic rings. The SMILES string of the molecule is CC(=O)SC1CC(=O)N(c2cccc(OC(C)C)c2)C1. The fraction of sp³-hybridized carbons (Fsp3) is 0.467. The summed E-state index contributed by atoms with van der Waals surface area (Å²) in [6.07, 6.45) is 0.514. The molecule has 1 fully saturated rings. The lowest BCUT2D eigenvalue weighted by Gasteiger charge is -2.18. The van der Waals surface area contributed by atoms with E-state index in [0.29, 0.717) is 13.0 Å². The Kier molecular flexibility index (Phi) is 4.70. The van der Waals surface area contributed by atoms with Crippen LogP contribution in [0.1, 0.15) is 27.2 Å². The zero-order valence-electron chi connectivity index (χ0n) is 12.0. The monoisotopic (exact) mass is 293 g/mol. The first-order chi connectivity index (χ1) is 9.45. The first-order valence-electron chi connectivity index (χ1n) is 6.70. The standard InChI is InChI=1S/C15H19NO3S/c1-10(2)19-13-6-4-5-12(7-13)16-9-14(8-15(16)18)20-11(3)17/h4-7,10,14H,8-9H2,1-3H3. The van der Waals surface area contributed by atoms with Crippen molar-refractivity contribution < 1.29 is 14.3 Å². The van der Waals surface area contributed by atoms with Gasteiger partial charge in [-0.05, 0) is 26.0 Å². The van der Waals surface area contributed by atoms with Gasteiger partial charge in [-0.3, -0.25) is 9.59 Å². The second-order valence-electron chi connectivity index (χ2n) is 5.10. The van der Waals surface area contributed by atoms with Gasteiger partial charge in [0.1, 0.15) is 5.75 Å². The second-order valence-corrected chi connectivity index (χ2v) is 6.58. The minimum atomic E-state index is 0.0506. The van der Waals surface area contributed by atoms with E-state index in [1.54, 1.807) is 4.90 Å². The van der Waals surface area contributed by atoms with Gasteiger partial charge in [-0.25, -0.2) is 0 Å². The third kappa shape index (κ3) is 3.76. The third-order valence-electron chi connectivity index (χ3n) is 2.92. The first kappa shape index (κ1) is 14.9. The first-order valence-corrected chi connectivity index (χ1v) is 7.58. The topological polar surface area (TPSA) is 46.6 Å². The lowest BCUT2D eigenvalue weighted by atomic mass is 10.2. The molecular formula is C15H19NO3S. The van der Waals surface area contributed by atoms with Gasteiger partial charge in [0.2, 0.25) is 5.91 Å². The Morgan fingerprint density at radius 3 is 2.85 bits per heavy atom. The maximum atomic E-state index is 12.1. The Labute approximate surface area is 123 Å². The van der Waals surface area contributed by atoms with Crippen LogP contribution in [0.5, 0.6) is 5.75 Å². The summed E-state index contributed by atoms with van der Waals surface area (Å²) in [6, 6.07) is 7.53. The highest BCUT2D eigenvalue weighted by Crippen LogP contribution is 2.30. The predicted molar refractivity (Wildman–Crippen MR) is 81.2 cm³/mol. The summed E-state index contributed by atoms with van der Waals surface area (Å²) >= 11 is 1.25. The van der Waals surface area contributed by atoms with Crippen molar-refractivity contribution in [3.05, 3.63) is 24.3 Å². The van der Waals surface area contributed by atoms with Crippen LogP contribution in [0.3, 0.4) is 0 Å². The molecule has 0 spiro atoms. The molecule has 0 N–H and O–H groups in total. The van der Waals surface area contributed by atoms with Crippen LogP contribution in [0.25, 0.3) is 0 Å². The van der Waals surface area contributed by atoms with Crippen LogP contribution in [0.15, 0.2) is 24.3 Å². The molecule has 4 nitrogen and oxygen atoms in total. The Balaban J connectivity index is 2.11. The average molecular weight is 293 g/mol. The van der Waals surface area contributed by atoms with E-state index in [1.807, 2.05) is 38.1 Å². The van der Waals surface area contributed by atoms with Crippen molar-refractivity contribution >= 4 is 28.5 Å². The Bertz CT molecular complexity index is 516. The number of nitrogens with zero attached hydrogens (tertiary/aromatic N) is 1. The molecule has 2 rings (SSSR count). The number of benzene rings is 1. The molecule has 0 aromatic heterocycles. The van der Waals surface area contributed by atoms with Crippen molar-refractivity contribution in [3.8, 4) is 5.75 Å². The normalized spacial score (nSPS) is 18.7. The van der Waals surface area contributed by atoms with E-state index in [2.05, 4.69) is 0 Å². The highest BCUT2D eigenvalue weighted by atomic mass is 32.2. The Hall–Kier alpha value is -1.49. The highest BCUT2D eigenvalue weighted by molar-refractivity contribution is 8.14. The summed E-state index contributed by atoms with van der Waals surface area (Å²) in [7, 11) is 0. The highest BCUT2D eigenvalue weighted by Gasteiger charge is 2.31. The second kappa shape index (κ2) is 6.31. The molecule has 1 heterocycles. The molecule has 5 heteroatoms. The predicted octanol–water partition coefficient (Wildman–Crippen LogP) is 2.86. The minimum absolute atomic E-state index is 0.0506. The van der Waals surface area contributed by atoms with E-state index in [1.165, 1.54) is 18.7 Å². The largest absolute Gasteiger partial charge is 0.491 e. The third-order valence-corrected chi connectivity index (χ3v) is 3.90. The van der Waals surface area contributed by atoms with Gasteiger partial charge in [-0.15, -0.1) is 0 Å². The van der Waals surface area contributed by atoms with Gasteiger partial charge < -0.3 is 9.64 Å². The number of thioether (sulfide) groups is 1. The number of carbonyl (C=O) groups excluding carboxylic acids is 2. The summed E-state index contributed by atoms with van der Waals surface area (Å²) in [4.78, 5) is 24.9. The molecule has 108 valence electrons. The zero-order chi connectivity index (χ0) is 14.7. The fourth-order valence-electron chi connectivity index (χ4n) is 2.23. The van der Waals surface area contributed by atoms with Gasteiger partial charge in [0, 0.05) is 36.9 Å². The van der Waals surface area contributed by atoms with E-state index in [9.17, 15) is 9.59 Å². The molecular weight excluding hydrogens is 274 g/mol. The zero-order valence-corrected chi connectivity index (χ0v) is 12.8. The molecule has 1 aromatic carbocycles. The molecule has 1 unspecified atom stereocenters. The van der Waals surface area contributed by atoms with E-state index in [4.69, 9.17) is 4.74 Å². The number of rotatable bonds is 4. The molecule has 20 heavy (non-hydrogen) atoms. The van der Waals surface area contributed by atoms with Gasteiger partial charge in [0.05, 0.1) is 6.10 Å². The van der Waals surface area contributed by atoms with Gasteiger partial charge in [0.25, 0.3) is 0 Å². The van der Waals surface area contributed by atoms with Gasteiger partial charge in [-0.1, -0.05) is 17.8 Å². The number of hydrogen-bond donors (Lipinski definition) is 0. The van der Waals surface area contributed by atoms with E-state index >= 15 is 0 Å². The maximum absolute atomic E-state index is 12.1. The van der Waals surface area contributed by atoms with Crippen molar-refractivity contribution in [2.45, 2.75) is 38.5 Å². The van der Waals surface area contributed by atoms with Crippen molar-refractivity contribution in [2.24, 2.45) is 0 Å². The molecule has 0 radical (unpaired) electrons. The van der Waals surface area contributed by atoms with Crippen LogP contribution in [-0.4, -0.2) is 28.9 Å². The minimum Gasteiger partial charge on any atom is -0.491 e. The lowest BCUT2D eigenvalue weighted by molar-refractivity contribution is -0.117. The fourth-order valence-corrected chi connectivity index (χ4v) is 3.15. The maximum Gasteiger partial charge on any atom is 0.228 e. The Morgan fingerprint density at radius 1 is 1.45 bits per heavy atom. The Morgan fingerprint density at radius 2 is 2.20 bits per heavy atom. The van der Waals surface area contributed by atoms with Crippen molar-refractivity contribution in [3.63, 3.8) is 0 Å². The molecule has 0 bridgehead atoms. The summed E-state index contributed by atoms with van der Waals surface area (Å²) in [6.45, 7) is 6.05. The lowest BCUT2D eigenvalue weighted by Crippen LogP contribution is -2.25. The van der Waals surface area contributed by atoms with Crippen LogP contribution in [-0.2, 0) is 9.59 Å². The van der Waals surface area contributed by atoms with Crippen LogP contribution in [0.2, 0.25) is 0 Å². The quantitative estimate of drug-likeness (QED) is 0.856. The summed E-state index contributed by atoms with van der Waals surface area (Å²) in [5, 5.41) is 0.108. The van der Waals surface area contributed by atoms with E-state index in [-0.39, 0.29) is 22.4 Å². The molecule has 0 aliphatic carbocycles. The molecule has 1 atom stereocenters. The number of amides is 1. The van der Waals surface area contributed by atoms with Gasteiger partial charge in [0.15, 0.2) is 5.12 Å². The number of ether oxygens (including phenoxy) is 1. The van der Waals surface area contributed by atoms with Crippen molar-refractivity contribution in [1.82, 2.24) is 0 Å². The molecule has 1 amide bonds. The number of anilines is 1. The van der Waals surface area contributed by atoms with Crippen LogP contribution < -0.4 is 9.64 Å². The smallest absolute Gasteiger partial charge is 0.228 e. The number of carbonyl (C=O) groups is 2. The molecule has 1 saturated heterocycles. The summed E-state index contributed by atoms with van der Waals surface area (Å²) in [5.41, 5.74) is 0.833.